The SMILES string of the molecule is CCCOc1ccc(/C=C/C(=O)NCc2nc(-c3ccncc3)cs2)cc1OC. The molecule has 1 N–H and O–H groups in total. The highest BCUT2D eigenvalue weighted by Gasteiger charge is 2.06. The highest BCUT2D eigenvalue weighted by molar-refractivity contribution is 7.09. The van der Waals surface area contributed by atoms with Gasteiger partial charge in [0.15, 0.2) is 11.5 Å². The van der Waals surface area contributed by atoms with E-state index >= 15 is 0 Å². The van der Waals surface area contributed by atoms with E-state index in [4.69, 9.17) is 9.47 Å². The minimum atomic E-state index is -0.184. The molecule has 0 fully saturated rings. The van der Waals surface area contributed by atoms with Crippen molar-refractivity contribution >= 4 is 23.3 Å². The molecule has 0 spiro atoms. The smallest absolute Gasteiger partial charge is 0.244 e. The van der Waals surface area contributed by atoms with Crippen LogP contribution in [0.25, 0.3) is 17.3 Å². The summed E-state index contributed by atoms with van der Waals surface area (Å²) in [5.74, 6) is 1.16. The Morgan fingerprint density at radius 2 is 2.03 bits per heavy atom. The van der Waals surface area contributed by atoms with E-state index in [1.165, 1.54) is 17.4 Å². The molecule has 3 aromatic rings. The van der Waals surface area contributed by atoms with Crippen molar-refractivity contribution in [1.82, 2.24) is 15.3 Å². The van der Waals surface area contributed by atoms with E-state index in [9.17, 15) is 4.79 Å². The maximum Gasteiger partial charge on any atom is 0.244 e. The number of amides is 1. The molecule has 0 aliphatic rings. The van der Waals surface area contributed by atoms with Crippen LogP contribution in [0, 0.1) is 0 Å². The zero-order valence-corrected chi connectivity index (χ0v) is 17.2. The quantitative estimate of drug-likeness (QED) is 0.533. The first-order valence-electron chi connectivity index (χ1n) is 9.31. The zero-order valence-electron chi connectivity index (χ0n) is 16.4. The summed E-state index contributed by atoms with van der Waals surface area (Å²) in [6.07, 6.45) is 7.63. The lowest BCUT2D eigenvalue weighted by Gasteiger charge is -2.10. The number of carbonyl (C=O) groups is 1. The standard InChI is InChI=1S/C22H23N3O3S/c1-3-12-28-19-6-4-16(13-20(19)27-2)5-7-21(26)24-14-22-25-18(15-29-22)17-8-10-23-11-9-17/h4-11,13,15H,3,12,14H2,1-2H3,(H,24,26)/b7-5+. The van der Waals surface area contributed by atoms with Gasteiger partial charge in [0.1, 0.15) is 5.01 Å². The fourth-order valence-electron chi connectivity index (χ4n) is 2.56. The maximum absolute atomic E-state index is 12.1. The topological polar surface area (TPSA) is 73.3 Å². The molecular weight excluding hydrogens is 386 g/mol. The van der Waals surface area contributed by atoms with Gasteiger partial charge >= 0.3 is 0 Å². The summed E-state index contributed by atoms with van der Waals surface area (Å²) in [5.41, 5.74) is 2.75. The van der Waals surface area contributed by atoms with Crippen LogP contribution < -0.4 is 14.8 Å². The van der Waals surface area contributed by atoms with E-state index < -0.39 is 0 Å². The number of pyridine rings is 1. The van der Waals surface area contributed by atoms with E-state index in [1.807, 2.05) is 42.6 Å². The number of benzene rings is 1. The van der Waals surface area contributed by atoms with E-state index in [2.05, 4.69) is 15.3 Å². The Bertz CT molecular complexity index is 970. The third-order valence-corrected chi connectivity index (χ3v) is 4.87. The number of methoxy groups -OCH3 is 1. The monoisotopic (exact) mass is 409 g/mol. The van der Waals surface area contributed by atoms with Crippen LogP contribution in [0.3, 0.4) is 0 Å². The fraction of sp³-hybridized carbons (Fsp3) is 0.227. The van der Waals surface area contributed by atoms with Gasteiger partial charge in [-0.2, -0.15) is 0 Å². The predicted molar refractivity (Wildman–Crippen MR) is 115 cm³/mol. The summed E-state index contributed by atoms with van der Waals surface area (Å²) in [6, 6.07) is 9.40. The molecule has 0 atom stereocenters. The first-order valence-corrected chi connectivity index (χ1v) is 10.2. The van der Waals surface area contributed by atoms with Gasteiger partial charge in [0, 0.05) is 29.4 Å². The average molecular weight is 410 g/mol. The third kappa shape index (κ3) is 5.89. The Morgan fingerprint density at radius 3 is 2.79 bits per heavy atom. The number of hydrogen-bond acceptors (Lipinski definition) is 6. The van der Waals surface area contributed by atoms with Crippen molar-refractivity contribution in [3.8, 4) is 22.8 Å². The summed E-state index contributed by atoms with van der Waals surface area (Å²) in [7, 11) is 1.60. The van der Waals surface area contributed by atoms with Gasteiger partial charge in [0.25, 0.3) is 0 Å². The van der Waals surface area contributed by atoms with Crippen LogP contribution in [0.2, 0.25) is 0 Å². The molecule has 0 aliphatic heterocycles. The zero-order chi connectivity index (χ0) is 20.5. The third-order valence-electron chi connectivity index (χ3n) is 4.02. The van der Waals surface area contributed by atoms with Crippen molar-refractivity contribution in [3.63, 3.8) is 0 Å². The van der Waals surface area contributed by atoms with Gasteiger partial charge < -0.3 is 14.8 Å². The Morgan fingerprint density at radius 1 is 1.21 bits per heavy atom. The molecule has 29 heavy (non-hydrogen) atoms. The molecule has 6 nitrogen and oxygen atoms in total. The lowest BCUT2D eigenvalue weighted by atomic mass is 10.2. The van der Waals surface area contributed by atoms with Crippen molar-refractivity contribution in [2.75, 3.05) is 13.7 Å². The Balaban J connectivity index is 1.55. The molecule has 0 bridgehead atoms. The second-order valence-electron chi connectivity index (χ2n) is 6.17. The highest BCUT2D eigenvalue weighted by Crippen LogP contribution is 2.28. The van der Waals surface area contributed by atoms with E-state index in [1.54, 1.807) is 25.6 Å². The molecule has 0 aliphatic carbocycles. The van der Waals surface area contributed by atoms with Crippen molar-refractivity contribution in [3.05, 3.63) is 64.8 Å². The molecule has 0 radical (unpaired) electrons. The first-order chi connectivity index (χ1) is 14.2. The number of ether oxygens (including phenoxy) is 2. The van der Waals surface area contributed by atoms with E-state index in [0.717, 1.165) is 28.2 Å². The van der Waals surface area contributed by atoms with Crippen LogP contribution in [0.15, 0.2) is 54.2 Å². The van der Waals surface area contributed by atoms with Gasteiger partial charge in [-0.3, -0.25) is 9.78 Å². The van der Waals surface area contributed by atoms with Gasteiger partial charge in [-0.1, -0.05) is 13.0 Å². The lowest BCUT2D eigenvalue weighted by Crippen LogP contribution is -2.20. The normalized spacial score (nSPS) is 10.8. The first kappa shape index (κ1) is 20.5. The largest absolute Gasteiger partial charge is 0.493 e. The second-order valence-corrected chi connectivity index (χ2v) is 7.11. The minimum absolute atomic E-state index is 0.184. The average Bonchev–Trinajstić information content (AvgIpc) is 3.24. The Labute approximate surface area is 174 Å². The number of thiazole rings is 1. The van der Waals surface area contributed by atoms with Crippen molar-refractivity contribution < 1.29 is 14.3 Å². The molecule has 3 rings (SSSR count). The van der Waals surface area contributed by atoms with Gasteiger partial charge in [-0.15, -0.1) is 11.3 Å². The van der Waals surface area contributed by atoms with E-state index in [-0.39, 0.29) is 5.91 Å². The fourth-order valence-corrected chi connectivity index (χ4v) is 3.30. The molecule has 1 aromatic carbocycles. The van der Waals surface area contributed by atoms with Gasteiger partial charge in [-0.05, 0) is 42.3 Å². The predicted octanol–water partition coefficient (Wildman–Crippen LogP) is 4.33. The number of carbonyl (C=O) groups excluding carboxylic acids is 1. The molecule has 0 saturated heterocycles. The highest BCUT2D eigenvalue weighted by atomic mass is 32.1. The number of aromatic nitrogens is 2. The van der Waals surface area contributed by atoms with Crippen LogP contribution in [-0.2, 0) is 11.3 Å². The number of nitrogens with one attached hydrogen (secondary N) is 1. The summed E-state index contributed by atoms with van der Waals surface area (Å²) >= 11 is 1.51. The number of nitrogens with zero attached hydrogens (tertiary/aromatic N) is 2. The van der Waals surface area contributed by atoms with E-state index in [0.29, 0.717) is 24.7 Å². The minimum Gasteiger partial charge on any atom is -0.493 e. The van der Waals surface area contributed by atoms with Crippen LogP contribution in [0.1, 0.15) is 23.9 Å². The van der Waals surface area contributed by atoms with Gasteiger partial charge in [0.05, 0.1) is 26.0 Å². The second kappa shape index (κ2) is 10.4. The van der Waals surface area contributed by atoms with Crippen LogP contribution in [-0.4, -0.2) is 29.6 Å². The van der Waals surface area contributed by atoms with Crippen LogP contribution >= 0.6 is 11.3 Å². The van der Waals surface area contributed by atoms with Crippen molar-refractivity contribution in [2.24, 2.45) is 0 Å². The molecule has 2 aromatic heterocycles. The summed E-state index contributed by atoms with van der Waals surface area (Å²) in [5, 5.41) is 5.67. The summed E-state index contributed by atoms with van der Waals surface area (Å²) in [4.78, 5) is 20.7. The molecule has 7 heteroatoms. The van der Waals surface area contributed by atoms with Crippen LogP contribution in [0.4, 0.5) is 0 Å². The maximum atomic E-state index is 12.1. The lowest BCUT2D eigenvalue weighted by molar-refractivity contribution is -0.116. The van der Waals surface area contributed by atoms with Crippen LogP contribution in [0.5, 0.6) is 11.5 Å². The number of hydrogen-bond donors (Lipinski definition) is 1. The van der Waals surface area contributed by atoms with Gasteiger partial charge in [-0.25, -0.2) is 4.98 Å². The molecule has 0 unspecified atom stereocenters. The number of rotatable bonds is 9. The molecule has 2 heterocycles. The van der Waals surface area contributed by atoms with Crippen molar-refractivity contribution in [2.45, 2.75) is 19.9 Å². The summed E-state index contributed by atoms with van der Waals surface area (Å²) in [6.45, 7) is 3.06. The molecular formula is C22H23N3O3S. The summed E-state index contributed by atoms with van der Waals surface area (Å²) < 4.78 is 11.0. The molecule has 0 saturated carbocycles. The Kier molecular flexibility index (Phi) is 7.35. The van der Waals surface area contributed by atoms with Gasteiger partial charge in [0.2, 0.25) is 5.91 Å². The Hall–Kier alpha value is -3.19. The molecule has 150 valence electrons. The van der Waals surface area contributed by atoms with Crippen molar-refractivity contribution in [1.29, 1.82) is 0 Å². The molecule has 1 amide bonds.